The van der Waals surface area contributed by atoms with Crippen molar-refractivity contribution in [2.24, 2.45) is 0 Å². The molecule has 1 amide bonds. The van der Waals surface area contributed by atoms with Crippen molar-refractivity contribution in [1.29, 1.82) is 0 Å². The molecule has 158 valence electrons. The first-order valence-corrected chi connectivity index (χ1v) is 10.1. The average molecular weight is 401 g/mol. The number of hydrogen-bond donors (Lipinski definition) is 1. The van der Waals surface area contributed by atoms with E-state index in [1.165, 1.54) is 0 Å². The number of carbonyl (C=O) groups excluding carboxylic acids is 1. The van der Waals surface area contributed by atoms with E-state index in [0.29, 0.717) is 30.9 Å². The number of aryl methyl sites for hydroxylation is 1. The Bertz CT molecular complexity index is 758. The molecule has 0 heterocycles. The van der Waals surface area contributed by atoms with Crippen LogP contribution in [0.15, 0.2) is 42.5 Å². The second-order valence-corrected chi connectivity index (χ2v) is 6.64. The summed E-state index contributed by atoms with van der Waals surface area (Å²) in [6.45, 7) is 7.89. The number of hydrogen-bond acceptors (Lipinski definition) is 5. The number of nitrogens with zero attached hydrogens (tertiary/aromatic N) is 1. The quantitative estimate of drug-likeness (QED) is 0.584. The topological polar surface area (TPSA) is 60.0 Å². The van der Waals surface area contributed by atoms with Gasteiger partial charge in [-0.05, 0) is 61.5 Å². The zero-order valence-corrected chi connectivity index (χ0v) is 17.9. The Morgan fingerprint density at radius 2 is 1.66 bits per heavy atom. The second kappa shape index (κ2) is 12.0. The summed E-state index contributed by atoms with van der Waals surface area (Å²) in [5, 5.41) is 2.92. The molecule has 0 atom stereocenters. The zero-order chi connectivity index (χ0) is 21.1. The van der Waals surface area contributed by atoms with E-state index in [1.807, 2.05) is 42.5 Å². The average Bonchev–Trinajstić information content (AvgIpc) is 2.76. The summed E-state index contributed by atoms with van der Waals surface area (Å²) in [5.41, 5.74) is 1.79. The summed E-state index contributed by atoms with van der Waals surface area (Å²) in [5.74, 6) is 2.12. The third-order valence-electron chi connectivity index (χ3n) is 4.80. The predicted molar refractivity (Wildman–Crippen MR) is 116 cm³/mol. The number of ether oxygens (including phenoxy) is 3. The van der Waals surface area contributed by atoms with Gasteiger partial charge in [-0.3, -0.25) is 4.79 Å². The molecular weight excluding hydrogens is 368 g/mol. The fourth-order valence-electron chi connectivity index (χ4n) is 2.98. The molecule has 2 aromatic carbocycles. The van der Waals surface area contributed by atoms with Crippen LogP contribution in [0.2, 0.25) is 0 Å². The number of amides is 1. The van der Waals surface area contributed by atoms with Crippen LogP contribution in [0.3, 0.4) is 0 Å². The molecular formula is C23H32N2O4. The summed E-state index contributed by atoms with van der Waals surface area (Å²) >= 11 is 0. The molecule has 0 unspecified atom stereocenters. The molecule has 2 aromatic rings. The van der Waals surface area contributed by atoms with Crippen molar-refractivity contribution in [2.45, 2.75) is 26.7 Å². The van der Waals surface area contributed by atoms with Crippen LogP contribution < -0.4 is 19.5 Å². The Labute approximate surface area is 173 Å². The molecule has 0 spiro atoms. The molecule has 0 bridgehead atoms. The Morgan fingerprint density at radius 3 is 2.28 bits per heavy atom. The van der Waals surface area contributed by atoms with Gasteiger partial charge in [0.1, 0.15) is 12.4 Å². The lowest BCUT2D eigenvalue weighted by Crippen LogP contribution is -2.27. The number of likely N-dealkylation sites (N-methyl/N-ethyl adjacent to an activating group) is 1. The minimum Gasteiger partial charge on any atom is -0.493 e. The lowest BCUT2D eigenvalue weighted by molar-refractivity contribution is -0.116. The Morgan fingerprint density at radius 1 is 0.966 bits per heavy atom. The standard InChI is InChI=1S/C23H32N2O4/c1-5-25(6-2)15-16-29-20-11-9-19(10-12-20)24-23(26)14-8-18-7-13-21(27-3)22(17-18)28-4/h7,9-13,17H,5-6,8,14-16H2,1-4H3,(H,24,26). The van der Waals surface area contributed by atoms with E-state index in [2.05, 4.69) is 24.1 Å². The maximum absolute atomic E-state index is 12.3. The summed E-state index contributed by atoms with van der Waals surface area (Å²) < 4.78 is 16.3. The maximum Gasteiger partial charge on any atom is 0.224 e. The minimum absolute atomic E-state index is 0.0324. The fraction of sp³-hybridized carbons (Fsp3) is 0.435. The number of carbonyl (C=O) groups is 1. The summed E-state index contributed by atoms with van der Waals surface area (Å²) in [4.78, 5) is 14.6. The van der Waals surface area contributed by atoms with Crippen LogP contribution in [0.25, 0.3) is 0 Å². The van der Waals surface area contributed by atoms with Gasteiger partial charge in [0.2, 0.25) is 5.91 Å². The van der Waals surface area contributed by atoms with Gasteiger partial charge in [0.15, 0.2) is 11.5 Å². The molecule has 0 fully saturated rings. The van der Waals surface area contributed by atoms with Crippen molar-refractivity contribution < 1.29 is 19.0 Å². The summed E-state index contributed by atoms with van der Waals surface area (Å²) in [6.07, 6.45) is 1.01. The highest BCUT2D eigenvalue weighted by molar-refractivity contribution is 5.90. The molecule has 0 saturated heterocycles. The molecule has 6 nitrogen and oxygen atoms in total. The van der Waals surface area contributed by atoms with Crippen LogP contribution in [0.5, 0.6) is 17.2 Å². The molecule has 0 aliphatic carbocycles. The van der Waals surface area contributed by atoms with Gasteiger partial charge in [-0.15, -0.1) is 0 Å². The summed E-state index contributed by atoms with van der Waals surface area (Å²) in [7, 11) is 3.21. The van der Waals surface area contributed by atoms with Crippen molar-refractivity contribution in [3.63, 3.8) is 0 Å². The second-order valence-electron chi connectivity index (χ2n) is 6.64. The van der Waals surface area contributed by atoms with Gasteiger partial charge in [0.05, 0.1) is 14.2 Å². The van der Waals surface area contributed by atoms with Crippen LogP contribution in [0.4, 0.5) is 5.69 Å². The minimum atomic E-state index is -0.0324. The van der Waals surface area contributed by atoms with E-state index in [4.69, 9.17) is 14.2 Å². The van der Waals surface area contributed by atoms with Crippen molar-refractivity contribution in [3.8, 4) is 17.2 Å². The van der Waals surface area contributed by atoms with Gasteiger partial charge in [-0.1, -0.05) is 19.9 Å². The van der Waals surface area contributed by atoms with Crippen molar-refractivity contribution in [2.75, 3.05) is 45.8 Å². The van der Waals surface area contributed by atoms with E-state index in [1.54, 1.807) is 14.2 Å². The van der Waals surface area contributed by atoms with Crippen LogP contribution in [0.1, 0.15) is 25.8 Å². The highest BCUT2D eigenvalue weighted by atomic mass is 16.5. The first-order chi connectivity index (χ1) is 14.1. The molecule has 0 aliphatic rings. The predicted octanol–water partition coefficient (Wildman–Crippen LogP) is 4.00. The molecule has 0 saturated carbocycles. The molecule has 0 aliphatic heterocycles. The van der Waals surface area contributed by atoms with Crippen molar-refractivity contribution in [3.05, 3.63) is 48.0 Å². The SMILES string of the molecule is CCN(CC)CCOc1ccc(NC(=O)CCc2ccc(OC)c(OC)c2)cc1. The number of nitrogens with one attached hydrogen (secondary N) is 1. The third-order valence-corrected chi connectivity index (χ3v) is 4.80. The molecule has 0 aromatic heterocycles. The van der Waals surface area contributed by atoms with Crippen LogP contribution >= 0.6 is 0 Å². The summed E-state index contributed by atoms with van der Waals surface area (Å²) in [6, 6.07) is 13.2. The number of rotatable bonds is 12. The van der Waals surface area contributed by atoms with Gasteiger partial charge in [0, 0.05) is 18.7 Å². The Hall–Kier alpha value is -2.73. The number of benzene rings is 2. The largest absolute Gasteiger partial charge is 0.493 e. The van der Waals surface area contributed by atoms with Gasteiger partial charge in [-0.25, -0.2) is 0 Å². The smallest absolute Gasteiger partial charge is 0.224 e. The Balaban J connectivity index is 1.79. The van der Waals surface area contributed by atoms with E-state index in [0.717, 1.165) is 36.6 Å². The third kappa shape index (κ3) is 7.31. The normalized spacial score (nSPS) is 10.7. The lowest BCUT2D eigenvalue weighted by Gasteiger charge is -2.18. The maximum atomic E-state index is 12.3. The number of anilines is 1. The highest BCUT2D eigenvalue weighted by Crippen LogP contribution is 2.28. The number of methoxy groups -OCH3 is 2. The van der Waals surface area contributed by atoms with Crippen LogP contribution in [0, 0.1) is 0 Å². The monoisotopic (exact) mass is 400 g/mol. The van der Waals surface area contributed by atoms with Crippen molar-refractivity contribution >= 4 is 11.6 Å². The molecule has 1 N–H and O–H groups in total. The first-order valence-electron chi connectivity index (χ1n) is 10.1. The molecule has 2 rings (SSSR count). The zero-order valence-electron chi connectivity index (χ0n) is 17.9. The van der Waals surface area contributed by atoms with Crippen LogP contribution in [-0.2, 0) is 11.2 Å². The van der Waals surface area contributed by atoms with E-state index in [-0.39, 0.29) is 5.91 Å². The van der Waals surface area contributed by atoms with Gasteiger partial charge in [-0.2, -0.15) is 0 Å². The Kier molecular flexibility index (Phi) is 9.31. The molecule has 29 heavy (non-hydrogen) atoms. The van der Waals surface area contributed by atoms with E-state index < -0.39 is 0 Å². The highest BCUT2D eigenvalue weighted by Gasteiger charge is 2.08. The molecule has 0 radical (unpaired) electrons. The van der Waals surface area contributed by atoms with Crippen molar-refractivity contribution in [1.82, 2.24) is 4.90 Å². The van der Waals surface area contributed by atoms with Crippen LogP contribution in [-0.4, -0.2) is 51.3 Å². The first kappa shape index (κ1) is 22.6. The van der Waals surface area contributed by atoms with Gasteiger partial charge < -0.3 is 24.4 Å². The van der Waals surface area contributed by atoms with Gasteiger partial charge in [0.25, 0.3) is 0 Å². The van der Waals surface area contributed by atoms with E-state index >= 15 is 0 Å². The fourth-order valence-corrected chi connectivity index (χ4v) is 2.98. The van der Waals surface area contributed by atoms with E-state index in [9.17, 15) is 4.79 Å². The van der Waals surface area contributed by atoms with Gasteiger partial charge >= 0.3 is 0 Å². The molecule has 6 heteroatoms. The lowest BCUT2D eigenvalue weighted by atomic mass is 10.1.